The third-order valence-corrected chi connectivity index (χ3v) is 4.59. The van der Waals surface area contributed by atoms with Crippen LogP contribution >= 0.6 is 0 Å². The van der Waals surface area contributed by atoms with Crippen LogP contribution in [0.4, 0.5) is 5.82 Å². The molecule has 1 aromatic rings. The van der Waals surface area contributed by atoms with Crippen molar-refractivity contribution >= 4 is 11.7 Å². The monoisotopic (exact) mass is 260 g/mol. The Morgan fingerprint density at radius 3 is 2.79 bits per heavy atom. The Balaban J connectivity index is 1.83. The number of carbonyl (C=O) groups is 1. The van der Waals surface area contributed by atoms with Gasteiger partial charge in [0.1, 0.15) is 0 Å². The highest BCUT2D eigenvalue weighted by atomic mass is 16.1. The van der Waals surface area contributed by atoms with Crippen LogP contribution in [0.3, 0.4) is 0 Å². The minimum Gasteiger partial charge on any atom is -0.364 e. The molecule has 2 N–H and O–H groups in total. The van der Waals surface area contributed by atoms with Crippen molar-refractivity contribution in [3.8, 4) is 0 Å². The van der Waals surface area contributed by atoms with Gasteiger partial charge in [0.15, 0.2) is 11.5 Å². The number of amides is 1. The first kappa shape index (κ1) is 12.4. The highest BCUT2D eigenvalue weighted by Crippen LogP contribution is 2.41. The van der Waals surface area contributed by atoms with Crippen LogP contribution < -0.4 is 10.6 Å². The number of aromatic nitrogens is 2. The second-order valence-electron chi connectivity index (χ2n) is 5.79. The van der Waals surface area contributed by atoms with E-state index < -0.39 is 5.91 Å². The van der Waals surface area contributed by atoms with Gasteiger partial charge >= 0.3 is 0 Å². The molecule has 0 bridgehead atoms. The van der Waals surface area contributed by atoms with Crippen molar-refractivity contribution < 1.29 is 4.79 Å². The maximum Gasteiger partial charge on any atom is 0.269 e. The lowest BCUT2D eigenvalue weighted by molar-refractivity contribution is 0.0994. The summed E-state index contributed by atoms with van der Waals surface area (Å²) in [5.74, 6) is 1.85. The van der Waals surface area contributed by atoms with E-state index >= 15 is 0 Å². The number of hydrogen-bond donors (Lipinski definition) is 1. The van der Waals surface area contributed by atoms with Gasteiger partial charge in [-0.1, -0.05) is 19.8 Å². The van der Waals surface area contributed by atoms with Crippen LogP contribution in [-0.4, -0.2) is 28.7 Å². The third kappa shape index (κ3) is 2.17. The van der Waals surface area contributed by atoms with Gasteiger partial charge in [0.25, 0.3) is 5.91 Å². The average Bonchev–Trinajstić information content (AvgIpc) is 2.77. The number of primary amides is 1. The number of nitrogens with two attached hydrogens (primary N) is 1. The van der Waals surface area contributed by atoms with Gasteiger partial charge in [0.2, 0.25) is 0 Å². The quantitative estimate of drug-likeness (QED) is 0.876. The Hall–Kier alpha value is -1.65. The SMILES string of the molecule is CC1CN(c2ccc(C(N)=O)nn2)C2CCCCC12. The van der Waals surface area contributed by atoms with Crippen molar-refractivity contribution in [2.45, 2.75) is 38.6 Å². The molecule has 1 saturated carbocycles. The van der Waals surface area contributed by atoms with E-state index in [1.807, 2.05) is 6.07 Å². The number of fused-ring (bicyclic) bond motifs is 1. The number of anilines is 1. The Kier molecular flexibility index (Phi) is 3.12. The van der Waals surface area contributed by atoms with Crippen LogP contribution in [0.5, 0.6) is 0 Å². The zero-order valence-corrected chi connectivity index (χ0v) is 11.2. The summed E-state index contributed by atoms with van der Waals surface area (Å²) in [6.07, 6.45) is 5.23. The van der Waals surface area contributed by atoms with Crippen LogP contribution in [0.2, 0.25) is 0 Å². The fourth-order valence-corrected chi connectivity index (χ4v) is 3.64. The fraction of sp³-hybridized carbons (Fsp3) is 0.643. The number of rotatable bonds is 2. The second kappa shape index (κ2) is 4.79. The van der Waals surface area contributed by atoms with Crippen LogP contribution in [0.15, 0.2) is 12.1 Å². The Morgan fingerprint density at radius 1 is 1.32 bits per heavy atom. The van der Waals surface area contributed by atoms with Gasteiger partial charge in [-0.25, -0.2) is 0 Å². The van der Waals surface area contributed by atoms with Gasteiger partial charge in [-0.15, -0.1) is 10.2 Å². The summed E-state index contributed by atoms with van der Waals surface area (Å²) < 4.78 is 0. The predicted octanol–water partition coefficient (Wildman–Crippen LogP) is 1.59. The minimum atomic E-state index is -0.524. The molecule has 3 unspecified atom stereocenters. The van der Waals surface area contributed by atoms with Gasteiger partial charge < -0.3 is 10.6 Å². The van der Waals surface area contributed by atoms with Crippen molar-refractivity contribution in [2.24, 2.45) is 17.6 Å². The summed E-state index contributed by atoms with van der Waals surface area (Å²) in [4.78, 5) is 13.4. The molecule has 19 heavy (non-hydrogen) atoms. The lowest BCUT2D eigenvalue weighted by atomic mass is 9.80. The molecule has 0 spiro atoms. The van der Waals surface area contributed by atoms with Gasteiger partial charge in [-0.05, 0) is 36.8 Å². The van der Waals surface area contributed by atoms with E-state index in [1.165, 1.54) is 25.7 Å². The highest BCUT2D eigenvalue weighted by molar-refractivity contribution is 5.90. The van der Waals surface area contributed by atoms with Crippen LogP contribution in [-0.2, 0) is 0 Å². The van der Waals surface area contributed by atoms with E-state index in [9.17, 15) is 4.79 Å². The molecule has 1 amide bonds. The van der Waals surface area contributed by atoms with Crippen molar-refractivity contribution in [2.75, 3.05) is 11.4 Å². The molecule has 1 aliphatic carbocycles. The molecular weight excluding hydrogens is 240 g/mol. The van der Waals surface area contributed by atoms with Crippen molar-refractivity contribution in [1.82, 2.24) is 10.2 Å². The maximum absolute atomic E-state index is 11.0. The van der Waals surface area contributed by atoms with Gasteiger partial charge in [0.05, 0.1) is 0 Å². The summed E-state index contributed by atoms with van der Waals surface area (Å²) in [5.41, 5.74) is 5.42. The van der Waals surface area contributed by atoms with Crippen LogP contribution in [0, 0.1) is 11.8 Å². The summed E-state index contributed by atoms with van der Waals surface area (Å²) in [6, 6.07) is 4.14. The first-order valence-corrected chi connectivity index (χ1v) is 7.07. The molecule has 0 aromatic carbocycles. The van der Waals surface area contributed by atoms with Gasteiger partial charge in [-0.3, -0.25) is 4.79 Å². The molecule has 5 heteroatoms. The Morgan fingerprint density at radius 2 is 2.11 bits per heavy atom. The second-order valence-corrected chi connectivity index (χ2v) is 5.79. The molecule has 3 rings (SSSR count). The normalized spacial score (nSPS) is 30.2. The van der Waals surface area contributed by atoms with E-state index in [0.29, 0.717) is 12.0 Å². The number of nitrogens with zero attached hydrogens (tertiary/aromatic N) is 3. The van der Waals surface area contributed by atoms with Gasteiger partial charge in [0, 0.05) is 12.6 Å². The van der Waals surface area contributed by atoms with E-state index in [2.05, 4.69) is 22.0 Å². The van der Waals surface area contributed by atoms with E-state index in [0.717, 1.165) is 18.3 Å². The summed E-state index contributed by atoms with van der Waals surface area (Å²) in [7, 11) is 0. The van der Waals surface area contributed by atoms with Crippen LogP contribution in [0.1, 0.15) is 43.1 Å². The molecule has 1 saturated heterocycles. The zero-order chi connectivity index (χ0) is 13.4. The molecule has 1 aliphatic heterocycles. The van der Waals surface area contributed by atoms with E-state index in [4.69, 9.17) is 5.73 Å². The number of hydrogen-bond acceptors (Lipinski definition) is 4. The fourth-order valence-electron chi connectivity index (χ4n) is 3.64. The molecule has 3 atom stereocenters. The van der Waals surface area contributed by atoms with Gasteiger partial charge in [-0.2, -0.15) is 0 Å². The molecule has 1 aromatic heterocycles. The zero-order valence-electron chi connectivity index (χ0n) is 11.2. The van der Waals surface area contributed by atoms with Crippen molar-refractivity contribution in [3.05, 3.63) is 17.8 Å². The largest absolute Gasteiger partial charge is 0.364 e. The van der Waals surface area contributed by atoms with Crippen molar-refractivity contribution in [1.29, 1.82) is 0 Å². The molecule has 2 aliphatic rings. The summed E-state index contributed by atoms with van der Waals surface area (Å²) in [5, 5.41) is 8.10. The molecule has 102 valence electrons. The molecule has 2 fully saturated rings. The first-order valence-electron chi connectivity index (χ1n) is 7.07. The summed E-state index contributed by atoms with van der Waals surface area (Å²) >= 11 is 0. The van der Waals surface area contributed by atoms with Crippen LogP contribution in [0.25, 0.3) is 0 Å². The number of carbonyl (C=O) groups excluding carboxylic acids is 1. The molecule has 0 radical (unpaired) electrons. The smallest absolute Gasteiger partial charge is 0.269 e. The van der Waals surface area contributed by atoms with E-state index in [1.54, 1.807) is 6.07 Å². The molecular formula is C14H20N4O. The predicted molar refractivity (Wildman–Crippen MR) is 72.8 cm³/mol. The summed E-state index contributed by atoms with van der Waals surface area (Å²) in [6.45, 7) is 3.37. The molecule has 2 heterocycles. The van der Waals surface area contributed by atoms with Crippen molar-refractivity contribution in [3.63, 3.8) is 0 Å². The maximum atomic E-state index is 11.0. The highest BCUT2D eigenvalue weighted by Gasteiger charge is 2.41. The lowest BCUT2D eigenvalue weighted by Gasteiger charge is -2.32. The van der Waals surface area contributed by atoms with E-state index in [-0.39, 0.29) is 5.69 Å². The standard InChI is InChI=1S/C14H20N4O/c1-9-8-18(12-5-3-2-4-10(9)12)13-7-6-11(14(15)19)16-17-13/h6-7,9-10,12H,2-5,8H2,1H3,(H2,15,19). The lowest BCUT2D eigenvalue weighted by Crippen LogP contribution is -2.35. The third-order valence-electron chi connectivity index (χ3n) is 4.59. The minimum absolute atomic E-state index is 0.233. The topological polar surface area (TPSA) is 72.1 Å². The molecule has 5 nitrogen and oxygen atoms in total. The Bertz CT molecular complexity index is 473. The first-order chi connectivity index (χ1) is 9.16. The Labute approximate surface area is 113 Å². The average molecular weight is 260 g/mol.